The molecular weight excluding hydrogens is 308 g/mol. The van der Waals surface area contributed by atoms with E-state index in [1.54, 1.807) is 0 Å². The van der Waals surface area contributed by atoms with Gasteiger partial charge in [-0.3, -0.25) is 0 Å². The third-order valence-corrected chi connectivity index (χ3v) is 4.50. The largest absolute Gasteiger partial charge is 0.394 e. The maximum Gasteiger partial charge on any atom is 0.115 e. The molecule has 1 heterocycles. The first-order valence-electron chi connectivity index (χ1n) is 9.55. The lowest BCUT2D eigenvalue weighted by Gasteiger charge is -2.23. The van der Waals surface area contributed by atoms with E-state index in [0.29, 0.717) is 6.61 Å². The quantitative estimate of drug-likeness (QED) is 0.333. The summed E-state index contributed by atoms with van der Waals surface area (Å²) in [6.45, 7) is 2.36. The number of ether oxygens (including phenoxy) is 2. The maximum absolute atomic E-state index is 9.81. The molecule has 0 radical (unpaired) electrons. The van der Waals surface area contributed by atoms with Crippen LogP contribution in [0.1, 0.15) is 64.7 Å². The molecule has 0 aromatic rings. The van der Waals surface area contributed by atoms with Gasteiger partial charge in [-0.25, -0.2) is 0 Å². The van der Waals surface area contributed by atoms with E-state index in [0.717, 1.165) is 6.42 Å². The van der Waals surface area contributed by atoms with E-state index in [1.165, 1.54) is 51.4 Å². The van der Waals surface area contributed by atoms with Gasteiger partial charge in [0.25, 0.3) is 0 Å². The minimum Gasteiger partial charge on any atom is -0.394 e. The fourth-order valence-corrected chi connectivity index (χ4v) is 3.01. The van der Waals surface area contributed by atoms with E-state index >= 15 is 0 Å². The summed E-state index contributed by atoms with van der Waals surface area (Å²) >= 11 is 0. The summed E-state index contributed by atoms with van der Waals surface area (Å²) < 4.78 is 10.9. The molecule has 1 saturated heterocycles. The van der Waals surface area contributed by atoms with Gasteiger partial charge < -0.3 is 24.8 Å². The molecular formula is C19H36O5. The Balaban J connectivity index is 2.02. The van der Waals surface area contributed by atoms with Crippen molar-refractivity contribution in [2.24, 2.45) is 0 Å². The van der Waals surface area contributed by atoms with Crippen LogP contribution in [0.5, 0.6) is 0 Å². The molecule has 3 N–H and O–H groups in total. The van der Waals surface area contributed by atoms with Crippen molar-refractivity contribution in [2.75, 3.05) is 19.8 Å². The third kappa shape index (κ3) is 8.58. The topological polar surface area (TPSA) is 79.2 Å². The Hall–Kier alpha value is -0.460. The van der Waals surface area contributed by atoms with Gasteiger partial charge in [-0.2, -0.15) is 0 Å². The summed E-state index contributed by atoms with van der Waals surface area (Å²) in [6.07, 6.45) is 12.6. The van der Waals surface area contributed by atoms with Gasteiger partial charge in [-0.05, 0) is 12.8 Å². The monoisotopic (exact) mass is 344 g/mol. The molecule has 1 aliphatic rings. The van der Waals surface area contributed by atoms with Crippen LogP contribution in [-0.2, 0) is 9.47 Å². The van der Waals surface area contributed by atoms with Crippen molar-refractivity contribution in [1.29, 1.82) is 0 Å². The van der Waals surface area contributed by atoms with Crippen molar-refractivity contribution in [3.63, 3.8) is 0 Å². The second kappa shape index (κ2) is 13.8. The number of unbranched alkanes of at least 4 members (excludes halogenated alkanes) is 8. The molecule has 4 atom stereocenters. The van der Waals surface area contributed by atoms with Crippen LogP contribution < -0.4 is 0 Å². The highest BCUT2D eigenvalue weighted by Gasteiger charge is 2.40. The molecule has 1 aliphatic heterocycles. The maximum atomic E-state index is 9.81. The first-order valence-corrected chi connectivity index (χ1v) is 9.55. The average molecular weight is 344 g/mol. The summed E-state index contributed by atoms with van der Waals surface area (Å²) in [6, 6.07) is 0. The molecule has 0 amide bonds. The fourth-order valence-electron chi connectivity index (χ4n) is 3.01. The van der Waals surface area contributed by atoms with E-state index in [2.05, 4.69) is 13.0 Å². The number of allylic oxidation sites excluding steroid dienone is 1. The smallest absolute Gasteiger partial charge is 0.115 e. The zero-order valence-corrected chi connectivity index (χ0v) is 15.1. The molecule has 1 fully saturated rings. The number of hydrogen-bond donors (Lipinski definition) is 3. The number of hydrogen-bond acceptors (Lipinski definition) is 5. The molecule has 142 valence electrons. The molecule has 24 heavy (non-hydrogen) atoms. The molecule has 0 aliphatic carbocycles. The molecule has 1 rings (SSSR count). The first-order chi connectivity index (χ1) is 11.7. The van der Waals surface area contributed by atoms with Gasteiger partial charge in [0.1, 0.15) is 24.4 Å². The predicted octanol–water partition coefficient (Wildman–Crippen LogP) is 2.57. The van der Waals surface area contributed by atoms with Gasteiger partial charge in [-0.15, -0.1) is 0 Å². The Bertz CT molecular complexity index is 321. The minimum atomic E-state index is -1.02. The SMILES string of the molecule is CCCCCCCCCC/C=C/CO[C@@H]1[C@H]([C@H](O)CO)OC[C@@H]1O. The molecule has 0 aromatic carbocycles. The van der Waals surface area contributed by atoms with Crippen LogP contribution in [0.25, 0.3) is 0 Å². The van der Waals surface area contributed by atoms with Crippen molar-refractivity contribution in [1.82, 2.24) is 0 Å². The van der Waals surface area contributed by atoms with Crippen LogP contribution in [-0.4, -0.2) is 59.6 Å². The normalized spacial score (nSPS) is 25.6. The number of aliphatic hydroxyl groups is 3. The fraction of sp³-hybridized carbons (Fsp3) is 0.895. The second-order valence-corrected chi connectivity index (χ2v) is 6.65. The Labute approximate surface area is 146 Å². The van der Waals surface area contributed by atoms with Gasteiger partial charge in [0, 0.05) is 0 Å². The van der Waals surface area contributed by atoms with Crippen LogP contribution in [0.2, 0.25) is 0 Å². The van der Waals surface area contributed by atoms with E-state index in [9.17, 15) is 10.2 Å². The van der Waals surface area contributed by atoms with Crippen molar-refractivity contribution in [3.05, 3.63) is 12.2 Å². The van der Waals surface area contributed by atoms with E-state index in [-0.39, 0.29) is 6.61 Å². The van der Waals surface area contributed by atoms with Crippen LogP contribution in [0.15, 0.2) is 12.2 Å². The third-order valence-electron chi connectivity index (χ3n) is 4.50. The van der Waals surface area contributed by atoms with E-state index in [4.69, 9.17) is 14.6 Å². The van der Waals surface area contributed by atoms with E-state index in [1.807, 2.05) is 6.08 Å². The zero-order valence-electron chi connectivity index (χ0n) is 15.1. The van der Waals surface area contributed by atoms with Crippen molar-refractivity contribution < 1.29 is 24.8 Å². The zero-order chi connectivity index (χ0) is 17.6. The molecule has 0 bridgehead atoms. The predicted molar refractivity (Wildman–Crippen MR) is 94.9 cm³/mol. The van der Waals surface area contributed by atoms with Crippen LogP contribution in [0.3, 0.4) is 0 Å². The second-order valence-electron chi connectivity index (χ2n) is 6.65. The molecule has 0 unspecified atom stereocenters. The Morgan fingerprint density at radius 2 is 1.75 bits per heavy atom. The minimum absolute atomic E-state index is 0.133. The van der Waals surface area contributed by atoms with Crippen LogP contribution in [0.4, 0.5) is 0 Å². The van der Waals surface area contributed by atoms with Crippen molar-refractivity contribution in [2.45, 2.75) is 89.1 Å². The van der Waals surface area contributed by atoms with Gasteiger partial charge >= 0.3 is 0 Å². The van der Waals surface area contributed by atoms with Gasteiger partial charge in [0.2, 0.25) is 0 Å². The average Bonchev–Trinajstić information content (AvgIpc) is 2.96. The molecule has 0 spiro atoms. The summed E-state index contributed by atoms with van der Waals surface area (Å²) in [5.41, 5.74) is 0. The van der Waals surface area contributed by atoms with E-state index < -0.39 is 31.0 Å². The molecule has 5 nitrogen and oxygen atoms in total. The van der Waals surface area contributed by atoms with Crippen LogP contribution in [0, 0.1) is 0 Å². The summed E-state index contributed by atoms with van der Waals surface area (Å²) in [5.74, 6) is 0. The molecule has 5 heteroatoms. The molecule has 0 saturated carbocycles. The Morgan fingerprint density at radius 3 is 2.42 bits per heavy atom. The number of aliphatic hydroxyl groups excluding tert-OH is 3. The van der Waals surface area contributed by atoms with Crippen molar-refractivity contribution in [3.8, 4) is 0 Å². The summed E-state index contributed by atoms with van der Waals surface area (Å²) in [4.78, 5) is 0. The highest BCUT2D eigenvalue weighted by molar-refractivity contribution is 4.91. The highest BCUT2D eigenvalue weighted by Crippen LogP contribution is 2.21. The molecule has 0 aromatic heterocycles. The lowest BCUT2D eigenvalue weighted by atomic mass is 10.1. The first kappa shape index (κ1) is 21.6. The Morgan fingerprint density at radius 1 is 1.08 bits per heavy atom. The Kier molecular flexibility index (Phi) is 12.4. The number of rotatable bonds is 14. The standard InChI is InChI=1S/C19H36O5/c1-2-3-4-5-6-7-8-9-10-11-12-13-23-19-17(22)15-24-18(19)16(21)14-20/h11-12,16-22H,2-10,13-15H2,1H3/b12-11+/t16-,17+,18+,19+/m1/s1. The van der Waals surface area contributed by atoms with Crippen molar-refractivity contribution >= 4 is 0 Å². The summed E-state index contributed by atoms with van der Waals surface area (Å²) in [5, 5.41) is 28.5. The van der Waals surface area contributed by atoms with Gasteiger partial charge in [0.05, 0.1) is 19.8 Å². The van der Waals surface area contributed by atoms with Gasteiger partial charge in [-0.1, -0.05) is 64.0 Å². The van der Waals surface area contributed by atoms with Gasteiger partial charge in [0.15, 0.2) is 0 Å². The summed E-state index contributed by atoms with van der Waals surface area (Å²) in [7, 11) is 0. The van der Waals surface area contributed by atoms with Crippen LogP contribution >= 0.6 is 0 Å². The lowest BCUT2D eigenvalue weighted by molar-refractivity contribution is -0.0879. The highest BCUT2D eigenvalue weighted by atomic mass is 16.6. The lowest BCUT2D eigenvalue weighted by Crippen LogP contribution is -2.42.